The van der Waals surface area contributed by atoms with Gasteiger partial charge in [0.05, 0.1) is 13.2 Å². The Hall–Kier alpha value is -0.360. The molecule has 9 nitrogen and oxygen atoms in total. The first-order valence-electron chi connectivity index (χ1n) is 5.89. The molecule has 0 amide bonds. The zero-order valence-corrected chi connectivity index (χ0v) is 9.94. The van der Waals surface area contributed by atoms with Gasteiger partial charge in [-0.15, -0.1) is 0 Å². The van der Waals surface area contributed by atoms with Crippen LogP contribution in [-0.4, -0.2) is 93.1 Å². The molecule has 2 aliphatic heterocycles. The highest BCUT2D eigenvalue weighted by atomic mass is 16.7. The van der Waals surface area contributed by atoms with Crippen LogP contribution in [0.1, 0.15) is 0 Å². The predicted molar refractivity (Wildman–Crippen MR) is 56.6 cm³/mol. The molecule has 0 radical (unpaired) electrons. The summed E-state index contributed by atoms with van der Waals surface area (Å²) in [5.41, 5.74) is 0. The minimum Gasteiger partial charge on any atom is -0.388 e. The fraction of sp³-hybridized carbons (Fsp3) is 1.00. The minimum atomic E-state index is -1.55. The topological polar surface area (TPSA) is 149 Å². The first-order valence-corrected chi connectivity index (χ1v) is 5.89. The van der Waals surface area contributed by atoms with Crippen LogP contribution >= 0.6 is 0 Å². The van der Waals surface area contributed by atoms with E-state index in [4.69, 9.17) is 19.3 Å². The van der Waals surface area contributed by atoms with Gasteiger partial charge < -0.3 is 44.8 Å². The van der Waals surface area contributed by atoms with Crippen molar-refractivity contribution >= 4 is 0 Å². The maximum atomic E-state index is 9.68. The maximum Gasteiger partial charge on any atom is 0.186 e. The Kier molecular flexibility index (Phi) is 4.71. The smallest absolute Gasteiger partial charge is 0.186 e. The normalized spacial score (nSPS) is 52.1. The fourth-order valence-corrected chi connectivity index (χ4v) is 1.97. The van der Waals surface area contributed by atoms with Gasteiger partial charge in [0.2, 0.25) is 0 Å². The monoisotopic (exact) mass is 282 g/mol. The van der Waals surface area contributed by atoms with Crippen LogP contribution in [0.15, 0.2) is 0 Å². The highest BCUT2D eigenvalue weighted by Gasteiger charge is 2.44. The molecular formula is C10H18O9. The van der Waals surface area contributed by atoms with E-state index in [1.807, 2.05) is 0 Å². The average Bonchev–Trinajstić information content (AvgIpc) is 2.39. The standard InChI is InChI=1S/C10H18O9/c11-3-1-18-10(8(15)5(3)12)19-4-2-17-9(16)7(14)6(4)13/h3-16H,1-2H2/t3-,4-,5+,6+,7?,8?,9?,10+/m1/s1. The van der Waals surface area contributed by atoms with E-state index < -0.39 is 49.2 Å². The van der Waals surface area contributed by atoms with Gasteiger partial charge in [0.1, 0.15) is 36.6 Å². The van der Waals surface area contributed by atoms with Crippen LogP contribution in [0, 0.1) is 0 Å². The zero-order chi connectivity index (χ0) is 14.2. The molecule has 0 saturated carbocycles. The maximum absolute atomic E-state index is 9.68. The summed E-state index contributed by atoms with van der Waals surface area (Å²) in [6.45, 7) is -0.456. The third kappa shape index (κ3) is 3.05. The van der Waals surface area contributed by atoms with Gasteiger partial charge >= 0.3 is 0 Å². The van der Waals surface area contributed by atoms with E-state index in [1.165, 1.54) is 0 Å². The van der Waals surface area contributed by atoms with Gasteiger partial charge in [0, 0.05) is 0 Å². The number of hydrogen-bond acceptors (Lipinski definition) is 9. The van der Waals surface area contributed by atoms with Crippen LogP contribution in [0.3, 0.4) is 0 Å². The molecule has 9 heteroatoms. The third-order valence-electron chi connectivity index (χ3n) is 3.22. The Labute approximate surface area is 108 Å². The first kappa shape index (κ1) is 15.0. The van der Waals surface area contributed by atoms with Crippen LogP contribution in [0.25, 0.3) is 0 Å². The molecule has 0 aromatic rings. The highest BCUT2D eigenvalue weighted by Crippen LogP contribution is 2.22. The van der Waals surface area contributed by atoms with E-state index in [2.05, 4.69) is 0 Å². The lowest BCUT2D eigenvalue weighted by Gasteiger charge is -2.40. The van der Waals surface area contributed by atoms with Gasteiger partial charge in [0.15, 0.2) is 12.6 Å². The summed E-state index contributed by atoms with van der Waals surface area (Å²) in [6.07, 6.45) is -11.0. The SMILES string of the molecule is OC1OC[C@@H](O[C@@H]2OC[C@@H](O)[C@H](O)C2O)[C@H](O)C1O. The van der Waals surface area contributed by atoms with E-state index in [9.17, 15) is 25.5 Å². The Bertz CT molecular complexity index is 273. The van der Waals surface area contributed by atoms with Gasteiger partial charge in [-0.2, -0.15) is 0 Å². The summed E-state index contributed by atoms with van der Waals surface area (Å²) >= 11 is 0. The number of aliphatic hydroxyl groups excluding tert-OH is 6. The Morgan fingerprint density at radius 1 is 0.737 bits per heavy atom. The van der Waals surface area contributed by atoms with E-state index in [1.54, 1.807) is 0 Å². The van der Waals surface area contributed by atoms with Crippen molar-refractivity contribution in [2.45, 2.75) is 49.2 Å². The largest absolute Gasteiger partial charge is 0.388 e. The van der Waals surface area contributed by atoms with Crippen molar-refractivity contribution in [3.05, 3.63) is 0 Å². The molecule has 2 aliphatic rings. The van der Waals surface area contributed by atoms with Crippen LogP contribution in [0.5, 0.6) is 0 Å². The molecule has 19 heavy (non-hydrogen) atoms. The minimum absolute atomic E-state index is 0.218. The number of hydrogen-bond donors (Lipinski definition) is 6. The molecule has 0 bridgehead atoms. The second kappa shape index (κ2) is 5.95. The molecule has 0 aromatic carbocycles. The van der Waals surface area contributed by atoms with Gasteiger partial charge in [-0.05, 0) is 0 Å². The van der Waals surface area contributed by atoms with Crippen LogP contribution in [0.4, 0.5) is 0 Å². The molecule has 2 heterocycles. The Morgan fingerprint density at radius 2 is 1.42 bits per heavy atom. The van der Waals surface area contributed by atoms with Crippen LogP contribution < -0.4 is 0 Å². The quantitative estimate of drug-likeness (QED) is 0.297. The van der Waals surface area contributed by atoms with Crippen molar-refractivity contribution in [1.82, 2.24) is 0 Å². The van der Waals surface area contributed by atoms with Gasteiger partial charge in [0.25, 0.3) is 0 Å². The summed E-state index contributed by atoms with van der Waals surface area (Å²) in [5.74, 6) is 0. The van der Waals surface area contributed by atoms with Crippen molar-refractivity contribution in [2.24, 2.45) is 0 Å². The lowest BCUT2D eigenvalue weighted by molar-refractivity contribution is -0.323. The van der Waals surface area contributed by atoms with Crippen molar-refractivity contribution < 1.29 is 44.8 Å². The number of aliphatic hydroxyl groups is 6. The van der Waals surface area contributed by atoms with E-state index in [0.29, 0.717) is 0 Å². The lowest BCUT2D eigenvalue weighted by Crippen LogP contribution is -2.59. The van der Waals surface area contributed by atoms with Crippen molar-refractivity contribution in [3.63, 3.8) is 0 Å². The molecular weight excluding hydrogens is 264 g/mol. The van der Waals surface area contributed by atoms with Gasteiger partial charge in [-0.1, -0.05) is 0 Å². The molecule has 2 fully saturated rings. The molecule has 0 spiro atoms. The van der Waals surface area contributed by atoms with Gasteiger partial charge in [-0.3, -0.25) is 0 Å². The molecule has 6 N–H and O–H groups in total. The zero-order valence-electron chi connectivity index (χ0n) is 9.94. The molecule has 112 valence electrons. The molecule has 2 rings (SSSR count). The Balaban J connectivity index is 1.94. The fourth-order valence-electron chi connectivity index (χ4n) is 1.97. The highest BCUT2D eigenvalue weighted by molar-refractivity contribution is 4.87. The average molecular weight is 282 g/mol. The number of rotatable bonds is 2. The second-order valence-electron chi connectivity index (χ2n) is 4.63. The van der Waals surface area contributed by atoms with E-state index in [-0.39, 0.29) is 13.2 Å². The van der Waals surface area contributed by atoms with Crippen LogP contribution in [0.2, 0.25) is 0 Å². The van der Waals surface area contributed by atoms with Crippen molar-refractivity contribution in [3.8, 4) is 0 Å². The molecule has 3 unspecified atom stereocenters. The van der Waals surface area contributed by atoms with Crippen molar-refractivity contribution in [2.75, 3.05) is 13.2 Å². The molecule has 0 aromatic heterocycles. The molecule has 2 saturated heterocycles. The predicted octanol–water partition coefficient (Wildman–Crippen LogP) is -4.12. The first-order chi connectivity index (χ1) is 8.91. The van der Waals surface area contributed by atoms with E-state index >= 15 is 0 Å². The summed E-state index contributed by atoms with van der Waals surface area (Å²) in [7, 11) is 0. The summed E-state index contributed by atoms with van der Waals surface area (Å²) in [6, 6.07) is 0. The molecule has 8 atom stereocenters. The van der Waals surface area contributed by atoms with Crippen molar-refractivity contribution in [1.29, 1.82) is 0 Å². The lowest BCUT2D eigenvalue weighted by atomic mass is 10.0. The Morgan fingerprint density at radius 3 is 2.11 bits per heavy atom. The summed E-state index contributed by atoms with van der Waals surface area (Å²) < 4.78 is 15.0. The van der Waals surface area contributed by atoms with E-state index in [0.717, 1.165) is 0 Å². The third-order valence-corrected chi connectivity index (χ3v) is 3.22. The second-order valence-corrected chi connectivity index (χ2v) is 4.63. The molecule has 0 aliphatic carbocycles. The number of ether oxygens (including phenoxy) is 3. The van der Waals surface area contributed by atoms with Crippen LogP contribution in [-0.2, 0) is 14.2 Å². The van der Waals surface area contributed by atoms with Gasteiger partial charge in [-0.25, -0.2) is 0 Å². The summed E-state index contributed by atoms with van der Waals surface area (Å²) in [4.78, 5) is 0. The summed E-state index contributed by atoms with van der Waals surface area (Å²) in [5, 5.41) is 56.6.